The number of allylic oxidation sites excluding steroid dienone is 1. The van der Waals surface area contributed by atoms with E-state index in [-0.39, 0.29) is 43.8 Å². The molecular weight excluding hydrogens is 500 g/mol. The minimum Gasteiger partial charge on any atom is -0.493 e. The van der Waals surface area contributed by atoms with Crippen LogP contribution >= 0.6 is 0 Å². The van der Waals surface area contributed by atoms with Crippen molar-refractivity contribution in [2.24, 2.45) is 11.3 Å². The number of aryl methyl sites for hydroxylation is 1. The van der Waals surface area contributed by atoms with E-state index < -0.39 is 11.3 Å². The molecule has 2 aromatic rings. The summed E-state index contributed by atoms with van der Waals surface area (Å²) in [4.78, 5) is 41.9. The molecular formula is C30H38N2O7. The number of nitrogens with one attached hydrogen (secondary N) is 1. The van der Waals surface area contributed by atoms with Gasteiger partial charge < -0.3 is 28.8 Å². The molecule has 1 saturated heterocycles. The Morgan fingerprint density at radius 2 is 1.95 bits per heavy atom. The van der Waals surface area contributed by atoms with Crippen LogP contribution in [0.25, 0.3) is 0 Å². The van der Waals surface area contributed by atoms with Crippen molar-refractivity contribution in [1.29, 1.82) is 0 Å². The summed E-state index contributed by atoms with van der Waals surface area (Å²) in [5.74, 6) is 1.27. The molecule has 1 aromatic carbocycles. The Morgan fingerprint density at radius 3 is 2.64 bits per heavy atom. The first kappa shape index (κ1) is 28.3. The van der Waals surface area contributed by atoms with Gasteiger partial charge >= 0.3 is 5.97 Å². The number of hydrogen-bond acceptors (Lipinski definition) is 7. The van der Waals surface area contributed by atoms with Gasteiger partial charge in [-0.05, 0) is 75.8 Å². The number of carbonyl (C=O) groups excluding carboxylic acids is 3. The van der Waals surface area contributed by atoms with Crippen LogP contribution in [0.3, 0.4) is 0 Å². The van der Waals surface area contributed by atoms with Crippen molar-refractivity contribution < 1.29 is 33.0 Å². The summed E-state index contributed by atoms with van der Waals surface area (Å²) in [5.41, 5.74) is 0.732. The lowest BCUT2D eigenvalue weighted by Crippen LogP contribution is -2.54. The molecule has 0 bridgehead atoms. The fourth-order valence-corrected chi connectivity index (χ4v) is 5.68. The molecule has 1 aliphatic heterocycles. The molecule has 2 amide bonds. The number of piperidine rings is 1. The molecule has 9 nitrogen and oxygen atoms in total. The van der Waals surface area contributed by atoms with Crippen molar-refractivity contribution in [1.82, 2.24) is 10.2 Å². The average Bonchev–Trinajstić information content (AvgIpc) is 3.36. The Balaban J connectivity index is 1.57. The normalized spacial score (nSPS) is 20.6. The smallest absolute Gasteiger partial charge is 0.318 e. The first-order valence-electron chi connectivity index (χ1n) is 13.5. The van der Waals surface area contributed by atoms with Gasteiger partial charge in [-0.15, -0.1) is 0 Å². The van der Waals surface area contributed by atoms with Gasteiger partial charge in [-0.2, -0.15) is 0 Å². The fraction of sp³-hybridized carbons (Fsp3) is 0.500. The van der Waals surface area contributed by atoms with E-state index in [4.69, 9.17) is 18.6 Å². The number of benzene rings is 1. The average molecular weight is 539 g/mol. The van der Waals surface area contributed by atoms with E-state index in [9.17, 15) is 14.4 Å². The molecule has 2 aliphatic rings. The van der Waals surface area contributed by atoms with E-state index in [2.05, 4.69) is 5.32 Å². The van der Waals surface area contributed by atoms with Crippen LogP contribution in [0.5, 0.6) is 11.5 Å². The van der Waals surface area contributed by atoms with Gasteiger partial charge in [0.25, 0.3) is 0 Å². The molecule has 2 heterocycles. The molecule has 210 valence electrons. The third kappa shape index (κ3) is 6.13. The molecule has 4 rings (SSSR count). The van der Waals surface area contributed by atoms with E-state index in [0.717, 1.165) is 24.2 Å². The number of hydrogen-bond donors (Lipinski definition) is 1. The Kier molecular flexibility index (Phi) is 8.99. The number of esters is 1. The van der Waals surface area contributed by atoms with Crippen molar-refractivity contribution in [2.75, 3.05) is 27.4 Å². The minimum absolute atomic E-state index is 0.0141. The van der Waals surface area contributed by atoms with Crippen molar-refractivity contribution in [3.8, 4) is 11.5 Å². The van der Waals surface area contributed by atoms with E-state index >= 15 is 0 Å². The molecule has 0 spiro atoms. The first-order valence-corrected chi connectivity index (χ1v) is 13.5. The number of rotatable bonds is 11. The van der Waals surface area contributed by atoms with Gasteiger partial charge in [0.1, 0.15) is 16.9 Å². The van der Waals surface area contributed by atoms with Crippen LogP contribution < -0.4 is 14.8 Å². The minimum atomic E-state index is -0.942. The van der Waals surface area contributed by atoms with E-state index in [1.54, 1.807) is 26.0 Å². The lowest BCUT2D eigenvalue weighted by molar-refractivity contribution is -0.162. The zero-order valence-corrected chi connectivity index (χ0v) is 23.2. The Hall–Kier alpha value is -3.75. The topological polar surface area (TPSA) is 107 Å². The van der Waals surface area contributed by atoms with Crippen molar-refractivity contribution in [3.05, 3.63) is 59.2 Å². The van der Waals surface area contributed by atoms with Gasteiger partial charge in [-0.25, -0.2) is 0 Å². The summed E-state index contributed by atoms with van der Waals surface area (Å²) in [6.07, 6.45) is 4.97. The number of fused-ring (bicyclic) bond motifs is 1. The van der Waals surface area contributed by atoms with Crippen LogP contribution in [0.15, 0.2) is 46.5 Å². The Bertz CT molecular complexity index is 1230. The Labute approximate surface area is 229 Å². The third-order valence-corrected chi connectivity index (χ3v) is 7.56. The van der Waals surface area contributed by atoms with Gasteiger partial charge in [-0.1, -0.05) is 12.1 Å². The zero-order valence-electron chi connectivity index (χ0n) is 23.2. The molecule has 9 heteroatoms. The number of furan rings is 1. The van der Waals surface area contributed by atoms with Crippen LogP contribution in [-0.2, 0) is 32.1 Å². The zero-order chi connectivity index (χ0) is 28.0. The maximum absolute atomic E-state index is 13.9. The van der Waals surface area contributed by atoms with E-state index in [1.165, 1.54) is 0 Å². The number of ether oxygens (including phenoxy) is 3. The highest BCUT2D eigenvalue weighted by Crippen LogP contribution is 2.50. The summed E-state index contributed by atoms with van der Waals surface area (Å²) >= 11 is 0. The monoisotopic (exact) mass is 538 g/mol. The predicted octanol–water partition coefficient (Wildman–Crippen LogP) is 4.32. The number of amides is 2. The lowest BCUT2D eigenvalue weighted by atomic mass is 9.66. The highest BCUT2D eigenvalue weighted by molar-refractivity contribution is 5.92. The molecule has 1 aromatic heterocycles. The number of carbonyl (C=O) groups is 3. The second kappa shape index (κ2) is 12.4. The number of methoxy groups -OCH3 is 2. The summed E-state index contributed by atoms with van der Waals surface area (Å²) in [6, 6.07) is 9.31. The van der Waals surface area contributed by atoms with Gasteiger partial charge in [0.15, 0.2) is 11.5 Å². The van der Waals surface area contributed by atoms with Crippen molar-refractivity contribution in [3.63, 3.8) is 0 Å². The summed E-state index contributed by atoms with van der Waals surface area (Å²) < 4.78 is 21.9. The van der Waals surface area contributed by atoms with Gasteiger partial charge in [0.2, 0.25) is 11.8 Å². The first-order chi connectivity index (χ1) is 18.8. The number of likely N-dealkylation sites (tertiary alicyclic amines) is 1. The van der Waals surface area contributed by atoms with Gasteiger partial charge in [0, 0.05) is 24.6 Å². The molecule has 0 unspecified atom stereocenters. The summed E-state index contributed by atoms with van der Waals surface area (Å²) in [7, 11) is 3.17. The SMILES string of the molecule is CCOC(=O)[C@]12CCCC=C1N(CCc1ccc(OC)c(OC)c1)C(=O)[C@H](CC(=O)NCc1ccc(C)o1)C2. The Morgan fingerprint density at radius 1 is 1.15 bits per heavy atom. The van der Waals surface area contributed by atoms with Gasteiger partial charge in [-0.3, -0.25) is 14.4 Å². The molecule has 1 N–H and O–H groups in total. The van der Waals surface area contributed by atoms with Crippen LogP contribution in [0.2, 0.25) is 0 Å². The van der Waals surface area contributed by atoms with Crippen molar-refractivity contribution in [2.45, 2.75) is 58.9 Å². The standard InChI is InChI=1S/C30H38N2O7/c1-5-38-29(35)30-14-7-6-8-26(30)32(15-13-21-10-12-24(36-3)25(16-21)37-4)28(34)22(18-30)17-27(33)31-19-23-11-9-20(2)39-23/h8-12,16,22H,5-7,13-15,17-19H2,1-4H3,(H,31,33)/t22-,30+/m1/s1. The molecule has 0 saturated carbocycles. The maximum Gasteiger partial charge on any atom is 0.318 e. The van der Waals surface area contributed by atoms with E-state index in [0.29, 0.717) is 42.3 Å². The maximum atomic E-state index is 13.9. The third-order valence-electron chi connectivity index (χ3n) is 7.56. The summed E-state index contributed by atoms with van der Waals surface area (Å²) in [5, 5.41) is 2.86. The molecule has 0 radical (unpaired) electrons. The van der Waals surface area contributed by atoms with Gasteiger partial charge in [0.05, 0.1) is 27.4 Å². The predicted molar refractivity (Wildman–Crippen MR) is 144 cm³/mol. The fourth-order valence-electron chi connectivity index (χ4n) is 5.68. The quantitative estimate of drug-likeness (QED) is 0.425. The van der Waals surface area contributed by atoms with E-state index in [1.807, 2.05) is 43.3 Å². The van der Waals surface area contributed by atoms with Crippen LogP contribution in [0, 0.1) is 18.3 Å². The highest BCUT2D eigenvalue weighted by atomic mass is 16.5. The largest absolute Gasteiger partial charge is 0.493 e. The molecule has 1 fully saturated rings. The van der Waals surface area contributed by atoms with Crippen LogP contribution in [-0.4, -0.2) is 50.1 Å². The number of nitrogens with zero attached hydrogens (tertiary/aromatic N) is 1. The molecule has 1 aliphatic carbocycles. The summed E-state index contributed by atoms with van der Waals surface area (Å²) in [6.45, 7) is 4.48. The van der Waals surface area contributed by atoms with Crippen molar-refractivity contribution >= 4 is 17.8 Å². The highest BCUT2D eigenvalue weighted by Gasteiger charge is 2.54. The van der Waals surface area contributed by atoms with Crippen LogP contribution in [0.1, 0.15) is 56.1 Å². The lowest BCUT2D eigenvalue weighted by Gasteiger charge is -2.48. The van der Waals surface area contributed by atoms with Crippen LogP contribution in [0.4, 0.5) is 0 Å². The molecule has 2 atom stereocenters. The second-order valence-electron chi connectivity index (χ2n) is 10.1. The molecule has 39 heavy (non-hydrogen) atoms. The second-order valence-corrected chi connectivity index (χ2v) is 10.1.